The molecule has 7 nitrogen and oxygen atoms in total. The van der Waals surface area contributed by atoms with Crippen LogP contribution in [0.2, 0.25) is 0 Å². The molecule has 1 aromatic carbocycles. The normalized spacial score (nSPS) is 14.3. The average molecular weight is 339 g/mol. The number of rotatable bonds is 2. The molecule has 8 heteroatoms. The van der Waals surface area contributed by atoms with E-state index in [1.807, 2.05) is 0 Å². The molecule has 23 heavy (non-hydrogen) atoms. The number of carbonyl (C=O) groups is 2. The molecule has 1 unspecified atom stereocenters. The van der Waals surface area contributed by atoms with Gasteiger partial charge in [-0.1, -0.05) is 0 Å². The van der Waals surface area contributed by atoms with Crippen LogP contribution in [0.25, 0.3) is 11.0 Å². The topological polar surface area (TPSA) is 106 Å². The Hall–Kier alpha value is -2.35. The van der Waals surface area contributed by atoms with E-state index >= 15 is 0 Å². The fourth-order valence-corrected chi connectivity index (χ4v) is 2.93. The average Bonchev–Trinajstić information content (AvgIpc) is 2.78. The first-order valence-corrected chi connectivity index (χ1v) is 8.62. The van der Waals surface area contributed by atoms with Crippen molar-refractivity contribution < 1.29 is 28.1 Å². The van der Waals surface area contributed by atoms with Crippen LogP contribution in [-0.2, 0) is 14.5 Å². The van der Waals surface area contributed by atoms with Crippen molar-refractivity contribution in [3.05, 3.63) is 30.0 Å². The predicted octanol–water partition coefficient (Wildman–Crippen LogP) is 3.52. The molecule has 0 aliphatic rings. The zero-order valence-electron chi connectivity index (χ0n) is 13.2. The van der Waals surface area contributed by atoms with Crippen molar-refractivity contribution in [3.8, 4) is 0 Å². The third kappa shape index (κ3) is 4.10. The minimum atomic E-state index is -3.02. The Kier molecular flexibility index (Phi) is 4.21. The first-order chi connectivity index (χ1) is 10.5. The summed E-state index contributed by atoms with van der Waals surface area (Å²) >= 11 is 0. The first kappa shape index (κ1) is 17.0. The molecule has 124 valence electrons. The molecular weight excluding hydrogens is 322 g/mol. The largest absolute Gasteiger partial charge is 0.475 e. The summed E-state index contributed by atoms with van der Waals surface area (Å²) in [5.74, 6) is -1.41. The molecule has 0 saturated carbocycles. The fourth-order valence-electron chi connectivity index (χ4n) is 1.84. The van der Waals surface area contributed by atoms with E-state index in [0.717, 1.165) is 0 Å². The second-order valence-corrected chi connectivity index (χ2v) is 8.25. The molecular formula is C15H17NO6S. The Morgan fingerprint density at radius 2 is 1.91 bits per heavy atom. The van der Waals surface area contributed by atoms with E-state index in [0.29, 0.717) is 11.0 Å². The summed E-state index contributed by atoms with van der Waals surface area (Å²) < 4.78 is 26.5. The second-order valence-electron chi connectivity index (χ2n) is 5.99. The zero-order valence-corrected chi connectivity index (χ0v) is 14.0. The standard InChI is InChI=1S/C15H17NO6S/c1-15(2,3)22-14(19)16-23(4,20)10-5-6-11-9(7-10)8-12(21-11)13(17)18/h5-8H,1-4H3,(H,17,18). The maximum Gasteiger partial charge on any atom is 0.442 e. The summed E-state index contributed by atoms with van der Waals surface area (Å²) in [6.45, 7) is 5.05. The Morgan fingerprint density at radius 1 is 1.26 bits per heavy atom. The third-order valence-electron chi connectivity index (χ3n) is 2.78. The van der Waals surface area contributed by atoms with Gasteiger partial charge in [-0.25, -0.2) is 13.8 Å². The lowest BCUT2D eigenvalue weighted by Gasteiger charge is -2.17. The van der Waals surface area contributed by atoms with Gasteiger partial charge in [0.1, 0.15) is 11.2 Å². The minimum absolute atomic E-state index is 0.219. The zero-order chi connectivity index (χ0) is 17.4. The molecule has 0 spiro atoms. The number of fused-ring (bicyclic) bond motifs is 1. The Labute approximate surface area is 133 Å². The van der Waals surface area contributed by atoms with Crippen molar-refractivity contribution in [1.29, 1.82) is 0 Å². The molecule has 1 aromatic heterocycles. The quantitative estimate of drug-likeness (QED) is 0.897. The number of aromatic carboxylic acids is 1. The molecule has 1 amide bonds. The summed E-state index contributed by atoms with van der Waals surface area (Å²) in [6.07, 6.45) is 0.402. The molecule has 0 aliphatic heterocycles. The van der Waals surface area contributed by atoms with Gasteiger partial charge in [0.15, 0.2) is 0 Å². The number of hydrogen-bond acceptors (Lipinski definition) is 5. The maximum absolute atomic E-state index is 12.7. The molecule has 0 fully saturated rings. The number of furan rings is 1. The van der Waals surface area contributed by atoms with Gasteiger partial charge in [-0.15, -0.1) is 4.36 Å². The highest BCUT2D eigenvalue weighted by Crippen LogP contribution is 2.24. The minimum Gasteiger partial charge on any atom is -0.475 e. The molecule has 1 N–H and O–H groups in total. The van der Waals surface area contributed by atoms with Crippen molar-refractivity contribution in [2.45, 2.75) is 31.3 Å². The van der Waals surface area contributed by atoms with Gasteiger partial charge in [0.2, 0.25) is 5.76 Å². The first-order valence-electron chi connectivity index (χ1n) is 6.70. The van der Waals surface area contributed by atoms with Crippen molar-refractivity contribution in [3.63, 3.8) is 0 Å². The molecule has 1 heterocycles. The van der Waals surface area contributed by atoms with Crippen molar-refractivity contribution in [1.82, 2.24) is 0 Å². The van der Waals surface area contributed by atoms with E-state index < -0.39 is 27.4 Å². The number of nitrogens with zero attached hydrogens (tertiary/aromatic N) is 1. The van der Waals surface area contributed by atoms with Crippen LogP contribution in [0, 0.1) is 0 Å². The Balaban J connectivity index is 2.43. The second kappa shape index (κ2) is 5.69. The number of amides is 1. The van der Waals surface area contributed by atoms with Crippen LogP contribution in [0.5, 0.6) is 0 Å². The molecule has 1 atom stereocenters. The van der Waals surface area contributed by atoms with Gasteiger partial charge in [0.25, 0.3) is 0 Å². The van der Waals surface area contributed by atoms with Crippen molar-refractivity contribution in [2.24, 2.45) is 4.36 Å². The highest BCUT2D eigenvalue weighted by Gasteiger charge is 2.19. The van der Waals surface area contributed by atoms with E-state index in [2.05, 4.69) is 4.36 Å². The SMILES string of the molecule is CC(C)(C)OC(=O)N=S(C)(=O)c1ccc2oc(C(=O)O)cc2c1. The van der Waals surface area contributed by atoms with E-state index in [1.165, 1.54) is 30.5 Å². The third-order valence-corrected chi connectivity index (χ3v) is 4.40. The van der Waals surface area contributed by atoms with Gasteiger partial charge < -0.3 is 14.3 Å². The molecule has 0 aliphatic carbocycles. The highest BCUT2D eigenvalue weighted by molar-refractivity contribution is 7.93. The van der Waals surface area contributed by atoms with E-state index in [1.54, 1.807) is 20.8 Å². The van der Waals surface area contributed by atoms with Crippen LogP contribution in [-0.4, -0.2) is 33.2 Å². The predicted molar refractivity (Wildman–Crippen MR) is 84.2 cm³/mol. The van der Waals surface area contributed by atoms with Gasteiger partial charge in [0, 0.05) is 16.5 Å². The molecule has 0 radical (unpaired) electrons. The van der Waals surface area contributed by atoms with Crippen LogP contribution in [0.15, 0.2) is 37.9 Å². The van der Waals surface area contributed by atoms with Gasteiger partial charge in [-0.05, 0) is 45.0 Å². The van der Waals surface area contributed by atoms with E-state index in [9.17, 15) is 13.8 Å². The smallest absolute Gasteiger partial charge is 0.442 e. The number of carboxylic acids is 1. The molecule has 2 aromatic rings. The highest BCUT2D eigenvalue weighted by atomic mass is 32.2. The summed E-state index contributed by atoms with van der Waals surface area (Å²) in [5, 5.41) is 9.38. The number of ether oxygens (including phenoxy) is 1. The lowest BCUT2D eigenvalue weighted by molar-refractivity contribution is 0.0605. The number of benzene rings is 1. The number of hydrogen-bond donors (Lipinski definition) is 1. The van der Waals surface area contributed by atoms with Gasteiger partial charge >= 0.3 is 12.1 Å². The maximum atomic E-state index is 12.7. The van der Waals surface area contributed by atoms with Crippen LogP contribution < -0.4 is 0 Å². The Morgan fingerprint density at radius 3 is 2.48 bits per heavy atom. The lowest BCUT2D eigenvalue weighted by Crippen LogP contribution is -2.22. The van der Waals surface area contributed by atoms with Crippen LogP contribution in [0.1, 0.15) is 31.3 Å². The molecule has 0 saturated heterocycles. The summed E-state index contributed by atoms with van der Waals surface area (Å²) in [4.78, 5) is 22.9. The summed E-state index contributed by atoms with van der Waals surface area (Å²) in [5.41, 5.74) is -0.389. The molecule has 0 bridgehead atoms. The van der Waals surface area contributed by atoms with Gasteiger partial charge in [-0.2, -0.15) is 0 Å². The van der Waals surface area contributed by atoms with E-state index in [-0.39, 0.29) is 10.7 Å². The summed E-state index contributed by atoms with van der Waals surface area (Å²) in [7, 11) is -3.02. The molecule has 2 rings (SSSR count). The van der Waals surface area contributed by atoms with Crippen LogP contribution in [0.4, 0.5) is 4.79 Å². The van der Waals surface area contributed by atoms with E-state index in [4.69, 9.17) is 14.3 Å². The fraction of sp³-hybridized carbons (Fsp3) is 0.333. The summed E-state index contributed by atoms with van der Waals surface area (Å²) in [6, 6.07) is 5.78. The van der Waals surface area contributed by atoms with Crippen molar-refractivity contribution in [2.75, 3.05) is 6.26 Å². The Bertz CT molecular complexity index is 896. The van der Waals surface area contributed by atoms with Crippen molar-refractivity contribution >= 4 is 32.8 Å². The van der Waals surface area contributed by atoms with Crippen LogP contribution >= 0.6 is 0 Å². The van der Waals surface area contributed by atoms with Crippen LogP contribution in [0.3, 0.4) is 0 Å². The van der Waals surface area contributed by atoms with Gasteiger partial charge in [-0.3, -0.25) is 0 Å². The number of carbonyl (C=O) groups excluding carboxylic acids is 1. The number of carboxylic acid groups (broad SMARTS) is 1. The monoisotopic (exact) mass is 339 g/mol. The lowest BCUT2D eigenvalue weighted by atomic mass is 10.2. The van der Waals surface area contributed by atoms with Gasteiger partial charge in [0.05, 0.1) is 9.73 Å².